The van der Waals surface area contributed by atoms with Crippen molar-refractivity contribution < 1.29 is 14.7 Å². The van der Waals surface area contributed by atoms with Crippen molar-refractivity contribution >= 4 is 38.6 Å². The van der Waals surface area contributed by atoms with Crippen molar-refractivity contribution in [3.8, 4) is 0 Å². The summed E-state index contributed by atoms with van der Waals surface area (Å²) in [6.07, 6.45) is 0. The quantitative estimate of drug-likeness (QED) is 0.905. The van der Waals surface area contributed by atoms with Crippen molar-refractivity contribution in [1.29, 1.82) is 0 Å². The number of carboxylic acid groups (broad SMARTS) is 1. The highest BCUT2D eigenvalue weighted by atomic mass is 79.9. The van der Waals surface area contributed by atoms with Crippen molar-refractivity contribution in [2.24, 2.45) is 0 Å². The third-order valence-corrected chi connectivity index (χ3v) is 3.52. The van der Waals surface area contributed by atoms with E-state index in [4.69, 9.17) is 5.11 Å². The number of nitrogens with one attached hydrogen (secondary N) is 1. The van der Waals surface area contributed by atoms with Crippen LogP contribution in [0.3, 0.4) is 0 Å². The Morgan fingerprint density at radius 3 is 2.35 bits per heavy atom. The summed E-state index contributed by atoms with van der Waals surface area (Å²) < 4.78 is 0.967. The monoisotopic (exact) mass is 335 g/mol. The van der Waals surface area contributed by atoms with Crippen LogP contribution in [0.25, 0.3) is 10.8 Å². The first-order valence-electron chi connectivity index (χ1n) is 6.05. The maximum atomic E-state index is 12.1. The van der Waals surface area contributed by atoms with E-state index in [9.17, 15) is 9.59 Å². The molecule has 0 spiro atoms. The second-order valence-electron chi connectivity index (χ2n) is 5.09. The summed E-state index contributed by atoms with van der Waals surface area (Å²) in [5.41, 5.74) is -0.861. The van der Waals surface area contributed by atoms with Crippen LogP contribution >= 0.6 is 15.9 Å². The largest absolute Gasteiger partial charge is 0.480 e. The Kier molecular flexibility index (Phi) is 3.81. The fourth-order valence-electron chi connectivity index (χ4n) is 1.77. The summed E-state index contributed by atoms with van der Waals surface area (Å²) in [4.78, 5) is 23.1. The van der Waals surface area contributed by atoms with Gasteiger partial charge in [0.15, 0.2) is 0 Å². The fourth-order valence-corrected chi connectivity index (χ4v) is 2.15. The molecule has 0 aliphatic heterocycles. The molecular weight excluding hydrogens is 322 g/mol. The minimum atomic E-state index is -1.30. The van der Waals surface area contributed by atoms with Crippen LogP contribution in [-0.4, -0.2) is 22.5 Å². The number of carbonyl (C=O) groups is 2. The molecule has 5 heteroatoms. The summed E-state index contributed by atoms with van der Waals surface area (Å²) in [5.74, 6) is -1.47. The second-order valence-corrected chi connectivity index (χ2v) is 6.01. The highest BCUT2D eigenvalue weighted by Crippen LogP contribution is 2.21. The summed E-state index contributed by atoms with van der Waals surface area (Å²) in [7, 11) is 0. The average molecular weight is 336 g/mol. The van der Waals surface area contributed by atoms with Crippen LogP contribution in [0.4, 0.5) is 0 Å². The predicted molar refractivity (Wildman–Crippen MR) is 80.8 cm³/mol. The Morgan fingerprint density at radius 1 is 1.10 bits per heavy atom. The molecule has 1 amide bonds. The number of rotatable bonds is 3. The van der Waals surface area contributed by atoms with E-state index in [1.807, 2.05) is 24.3 Å². The van der Waals surface area contributed by atoms with Gasteiger partial charge >= 0.3 is 5.97 Å². The van der Waals surface area contributed by atoms with E-state index in [-0.39, 0.29) is 0 Å². The van der Waals surface area contributed by atoms with E-state index in [1.54, 1.807) is 12.1 Å². The molecule has 0 bridgehead atoms. The van der Waals surface area contributed by atoms with Gasteiger partial charge in [-0.3, -0.25) is 4.79 Å². The molecule has 2 N–H and O–H groups in total. The van der Waals surface area contributed by atoms with Crippen molar-refractivity contribution in [2.45, 2.75) is 19.4 Å². The van der Waals surface area contributed by atoms with E-state index in [0.29, 0.717) is 5.56 Å². The number of carbonyl (C=O) groups excluding carboxylic acids is 1. The van der Waals surface area contributed by atoms with Crippen molar-refractivity contribution in [3.63, 3.8) is 0 Å². The third-order valence-electron chi connectivity index (χ3n) is 3.03. The van der Waals surface area contributed by atoms with Gasteiger partial charge in [0.1, 0.15) is 5.54 Å². The first-order valence-corrected chi connectivity index (χ1v) is 6.84. The Morgan fingerprint density at radius 2 is 1.70 bits per heavy atom. The van der Waals surface area contributed by atoms with Crippen molar-refractivity contribution in [1.82, 2.24) is 5.32 Å². The summed E-state index contributed by atoms with van der Waals surface area (Å²) in [5, 5.41) is 13.5. The van der Waals surface area contributed by atoms with Gasteiger partial charge in [0.25, 0.3) is 5.91 Å². The Bertz CT molecular complexity index is 695. The molecule has 2 aromatic rings. The first kappa shape index (κ1) is 14.5. The number of hydrogen-bond donors (Lipinski definition) is 2. The van der Waals surface area contributed by atoms with Gasteiger partial charge in [0, 0.05) is 10.0 Å². The summed E-state index contributed by atoms with van der Waals surface area (Å²) in [6, 6.07) is 11.0. The fraction of sp³-hybridized carbons (Fsp3) is 0.200. The maximum absolute atomic E-state index is 12.1. The standard InChI is InChI=1S/C15H14BrNO3/c1-15(2,14(19)20)17-13(18)11-4-3-10-8-12(16)6-5-9(10)7-11/h3-8H,1-2H3,(H,17,18)(H,19,20). The normalized spacial score (nSPS) is 11.3. The van der Waals surface area contributed by atoms with E-state index in [0.717, 1.165) is 15.2 Å². The van der Waals surface area contributed by atoms with Crippen LogP contribution in [-0.2, 0) is 4.79 Å². The molecule has 0 unspecified atom stereocenters. The molecule has 0 radical (unpaired) electrons. The molecule has 20 heavy (non-hydrogen) atoms. The predicted octanol–water partition coefficient (Wildman–Crippen LogP) is 3.20. The third kappa shape index (κ3) is 2.99. The highest BCUT2D eigenvalue weighted by Gasteiger charge is 2.29. The molecule has 0 aromatic heterocycles. The second kappa shape index (κ2) is 5.25. The number of fused-ring (bicyclic) bond motifs is 1. The highest BCUT2D eigenvalue weighted by molar-refractivity contribution is 9.10. The molecule has 0 aliphatic rings. The minimum absolute atomic E-state index is 0.401. The molecule has 0 saturated heterocycles. The van der Waals surface area contributed by atoms with Gasteiger partial charge in [0.2, 0.25) is 0 Å². The first-order chi connectivity index (χ1) is 9.29. The number of benzene rings is 2. The van der Waals surface area contributed by atoms with Gasteiger partial charge in [-0.05, 0) is 48.9 Å². The zero-order chi connectivity index (χ0) is 14.9. The average Bonchev–Trinajstić information content (AvgIpc) is 2.37. The molecule has 2 aromatic carbocycles. The zero-order valence-electron chi connectivity index (χ0n) is 11.1. The smallest absolute Gasteiger partial charge is 0.328 e. The van der Waals surface area contributed by atoms with Crippen LogP contribution in [0, 0.1) is 0 Å². The molecule has 0 fully saturated rings. The topological polar surface area (TPSA) is 66.4 Å². The Labute approximate surface area is 124 Å². The van der Waals surface area contributed by atoms with Crippen LogP contribution in [0.15, 0.2) is 40.9 Å². The van der Waals surface area contributed by atoms with Gasteiger partial charge in [-0.15, -0.1) is 0 Å². The lowest BCUT2D eigenvalue weighted by Gasteiger charge is -2.21. The molecule has 104 valence electrons. The van der Waals surface area contributed by atoms with E-state index in [2.05, 4.69) is 21.2 Å². The van der Waals surface area contributed by atoms with Crippen LogP contribution < -0.4 is 5.32 Å². The summed E-state index contributed by atoms with van der Waals surface area (Å²) >= 11 is 3.39. The Balaban J connectivity index is 2.31. The molecule has 2 rings (SSSR count). The number of hydrogen-bond acceptors (Lipinski definition) is 2. The lowest BCUT2D eigenvalue weighted by atomic mass is 10.0. The maximum Gasteiger partial charge on any atom is 0.328 e. The van der Waals surface area contributed by atoms with Gasteiger partial charge in [-0.2, -0.15) is 0 Å². The molecule has 0 atom stereocenters. The van der Waals surface area contributed by atoms with Crippen LogP contribution in [0.2, 0.25) is 0 Å². The van der Waals surface area contributed by atoms with Gasteiger partial charge < -0.3 is 10.4 Å². The SMILES string of the molecule is CC(C)(NC(=O)c1ccc2cc(Br)ccc2c1)C(=O)O. The molecule has 0 saturated carbocycles. The van der Waals surface area contributed by atoms with Gasteiger partial charge in [-0.25, -0.2) is 4.79 Å². The molecule has 4 nitrogen and oxygen atoms in total. The van der Waals surface area contributed by atoms with E-state index in [1.165, 1.54) is 13.8 Å². The number of amides is 1. The van der Waals surface area contributed by atoms with Crippen LogP contribution in [0.5, 0.6) is 0 Å². The van der Waals surface area contributed by atoms with Gasteiger partial charge in [-0.1, -0.05) is 28.1 Å². The summed E-state index contributed by atoms with van der Waals surface area (Å²) in [6.45, 7) is 2.90. The molecule has 0 heterocycles. The number of carboxylic acids is 1. The van der Waals surface area contributed by atoms with Gasteiger partial charge in [0.05, 0.1) is 0 Å². The van der Waals surface area contributed by atoms with E-state index >= 15 is 0 Å². The molecule has 0 aliphatic carbocycles. The van der Waals surface area contributed by atoms with E-state index < -0.39 is 17.4 Å². The van der Waals surface area contributed by atoms with Crippen molar-refractivity contribution in [3.05, 3.63) is 46.4 Å². The molecular formula is C15H14BrNO3. The number of aliphatic carboxylic acids is 1. The zero-order valence-corrected chi connectivity index (χ0v) is 12.7. The van der Waals surface area contributed by atoms with Crippen molar-refractivity contribution in [2.75, 3.05) is 0 Å². The Hall–Kier alpha value is -1.88. The number of halogens is 1. The lowest BCUT2D eigenvalue weighted by Crippen LogP contribution is -2.49. The minimum Gasteiger partial charge on any atom is -0.480 e. The van der Waals surface area contributed by atoms with Crippen LogP contribution in [0.1, 0.15) is 24.2 Å². The lowest BCUT2D eigenvalue weighted by molar-refractivity contribution is -0.143.